The van der Waals surface area contributed by atoms with Gasteiger partial charge in [0.15, 0.2) is 0 Å². The first-order valence-electron chi connectivity index (χ1n) is 9.11. The van der Waals surface area contributed by atoms with E-state index < -0.39 is 17.9 Å². The van der Waals surface area contributed by atoms with Gasteiger partial charge in [-0.2, -0.15) is 0 Å². The standard InChI is InChI=1S/C19H23N5O4/c25-18(21-28)9-8-15-12-24(22-20-15)16-11-17(19(26)27)23(13-16)10-4-7-14-5-2-1-3-6-14/h1-3,5-6,8-9,12,16-17,28H,4,7,10-11,13H2,(H,21,25)(H,26,27)/b9-8+/t16-,17+/m1/s1. The zero-order chi connectivity index (χ0) is 19.9. The number of benzene rings is 1. The van der Waals surface area contributed by atoms with Crippen molar-refractivity contribution in [3.63, 3.8) is 0 Å². The van der Waals surface area contributed by atoms with Crippen LogP contribution in [0, 0.1) is 0 Å². The maximum atomic E-state index is 11.7. The zero-order valence-electron chi connectivity index (χ0n) is 15.3. The lowest BCUT2D eigenvalue weighted by Gasteiger charge is -2.20. The highest BCUT2D eigenvalue weighted by Crippen LogP contribution is 2.27. The van der Waals surface area contributed by atoms with Gasteiger partial charge in [0.2, 0.25) is 0 Å². The highest BCUT2D eigenvalue weighted by atomic mass is 16.5. The molecule has 1 aliphatic heterocycles. The summed E-state index contributed by atoms with van der Waals surface area (Å²) in [6.07, 6.45) is 6.46. The van der Waals surface area contributed by atoms with Gasteiger partial charge in [0.05, 0.1) is 12.2 Å². The van der Waals surface area contributed by atoms with E-state index in [0.717, 1.165) is 18.9 Å². The van der Waals surface area contributed by atoms with E-state index in [1.807, 2.05) is 23.1 Å². The van der Waals surface area contributed by atoms with Gasteiger partial charge in [-0.15, -0.1) is 5.10 Å². The van der Waals surface area contributed by atoms with Gasteiger partial charge in [-0.25, -0.2) is 10.2 Å². The van der Waals surface area contributed by atoms with E-state index in [4.69, 9.17) is 5.21 Å². The number of hydroxylamine groups is 1. The Hall–Kier alpha value is -3.04. The van der Waals surface area contributed by atoms with Crippen LogP contribution in [0.1, 0.15) is 30.1 Å². The molecule has 3 N–H and O–H groups in total. The number of aliphatic carboxylic acids is 1. The molecule has 3 rings (SSSR count). The number of aryl methyl sites for hydroxylation is 1. The number of hydrogen-bond donors (Lipinski definition) is 3. The Kier molecular flexibility index (Phi) is 6.51. The number of carbonyl (C=O) groups is 2. The molecule has 148 valence electrons. The van der Waals surface area contributed by atoms with Crippen molar-refractivity contribution in [2.75, 3.05) is 13.1 Å². The van der Waals surface area contributed by atoms with Crippen molar-refractivity contribution < 1.29 is 19.9 Å². The maximum Gasteiger partial charge on any atom is 0.321 e. The van der Waals surface area contributed by atoms with Crippen molar-refractivity contribution in [1.29, 1.82) is 0 Å². The third kappa shape index (κ3) is 5.02. The fourth-order valence-corrected chi connectivity index (χ4v) is 3.45. The molecular formula is C19H23N5O4. The molecule has 1 aromatic heterocycles. The smallest absolute Gasteiger partial charge is 0.321 e. The van der Waals surface area contributed by atoms with E-state index in [1.165, 1.54) is 17.1 Å². The molecule has 2 atom stereocenters. The normalized spacial score (nSPS) is 19.9. The number of carboxylic acids is 1. The van der Waals surface area contributed by atoms with Gasteiger partial charge >= 0.3 is 5.97 Å². The highest BCUT2D eigenvalue weighted by Gasteiger charge is 2.37. The summed E-state index contributed by atoms with van der Waals surface area (Å²) in [7, 11) is 0. The largest absolute Gasteiger partial charge is 0.480 e. The van der Waals surface area contributed by atoms with Crippen molar-refractivity contribution in [3.8, 4) is 0 Å². The number of carboxylic acid groups (broad SMARTS) is 1. The Balaban J connectivity index is 1.60. The number of aromatic nitrogens is 3. The van der Waals surface area contributed by atoms with Crippen LogP contribution < -0.4 is 5.48 Å². The van der Waals surface area contributed by atoms with E-state index in [-0.39, 0.29) is 6.04 Å². The summed E-state index contributed by atoms with van der Waals surface area (Å²) < 4.78 is 1.64. The zero-order valence-corrected chi connectivity index (χ0v) is 15.3. The van der Waals surface area contributed by atoms with Crippen molar-refractivity contribution in [1.82, 2.24) is 25.4 Å². The summed E-state index contributed by atoms with van der Waals surface area (Å²) in [5.41, 5.74) is 3.20. The minimum absolute atomic E-state index is 0.0980. The Bertz CT molecular complexity index is 836. The van der Waals surface area contributed by atoms with Crippen molar-refractivity contribution in [2.45, 2.75) is 31.3 Å². The summed E-state index contributed by atoms with van der Waals surface area (Å²) in [5, 5.41) is 26.1. The monoisotopic (exact) mass is 385 g/mol. The molecule has 9 heteroatoms. The van der Waals surface area contributed by atoms with Crippen LogP contribution in [0.5, 0.6) is 0 Å². The van der Waals surface area contributed by atoms with Crippen molar-refractivity contribution >= 4 is 18.0 Å². The lowest BCUT2D eigenvalue weighted by Crippen LogP contribution is -2.36. The Labute approximate surface area is 162 Å². The fraction of sp³-hybridized carbons (Fsp3) is 0.368. The second-order valence-electron chi connectivity index (χ2n) is 6.76. The van der Waals surface area contributed by atoms with E-state index in [9.17, 15) is 14.7 Å². The Morgan fingerprint density at radius 1 is 1.29 bits per heavy atom. The van der Waals surface area contributed by atoms with Gasteiger partial charge in [0.25, 0.3) is 5.91 Å². The third-order valence-corrected chi connectivity index (χ3v) is 4.84. The number of likely N-dealkylation sites (tertiary alicyclic amines) is 1. The number of carbonyl (C=O) groups excluding carboxylic acids is 1. The molecular weight excluding hydrogens is 362 g/mol. The van der Waals surface area contributed by atoms with Crippen molar-refractivity contribution in [3.05, 3.63) is 53.9 Å². The van der Waals surface area contributed by atoms with Gasteiger partial charge in [-0.3, -0.25) is 19.7 Å². The van der Waals surface area contributed by atoms with Crippen LogP contribution in [-0.4, -0.2) is 61.2 Å². The van der Waals surface area contributed by atoms with Crippen LogP contribution >= 0.6 is 0 Å². The summed E-state index contributed by atoms with van der Waals surface area (Å²) in [6.45, 7) is 1.27. The summed E-state index contributed by atoms with van der Waals surface area (Å²) in [5.74, 6) is -1.49. The molecule has 1 fully saturated rings. The van der Waals surface area contributed by atoms with E-state index in [2.05, 4.69) is 22.4 Å². The number of amides is 1. The quantitative estimate of drug-likeness (QED) is 0.354. The third-order valence-electron chi connectivity index (χ3n) is 4.84. The predicted molar refractivity (Wildman–Crippen MR) is 100 cm³/mol. The second-order valence-corrected chi connectivity index (χ2v) is 6.76. The predicted octanol–water partition coefficient (Wildman–Crippen LogP) is 1.13. The van der Waals surface area contributed by atoms with Crippen LogP contribution in [0.4, 0.5) is 0 Å². The average molecular weight is 385 g/mol. The first kappa shape index (κ1) is 19.7. The minimum atomic E-state index is -0.831. The van der Waals surface area contributed by atoms with Gasteiger partial charge in [-0.1, -0.05) is 35.5 Å². The van der Waals surface area contributed by atoms with Crippen LogP contribution in [0.3, 0.4) is 0 Å². The Morgan fingerprint density at radius 3 is 2.79 bits per heavy atom. The molecule has 1 aromatic carbocycles. The number of rotatable bonds is 8. The molecule has 2 aromatic rings. The van der Waals surface area contributed by atoms with Crippen LogP contribution in [0.15, 0.2) is 42.6 Å². The molecule has 1 aliphatic rings. The van der Waals surface area contributed by atoms with Gasteiger partial charge in [-0.05, 0) is 37.4 Å². The van der Waals surface area contributed by atoms with Crippen LogP contribution in [-0.2, 0) is 16.0 Å². The molecule has 0 spiro atoms. The van der Waals surface area contributed by atoms with Gasteiger partial charge in [0.1, 0.15) is 11.7 Å². The highest BCUT2D eigenvalue weighted by molar-refractivity contribution is 5.90. The first-order chi connectivity index (χ1) is 13.6. The lowest BCUT2D eigenvalue weighted by molar-refractivity contribution is -0.142. The van der Waals surface area contributed by atoms with Crippen molar-refractivity contribution in [2.24, 2.45) is 0 Å². The van der Waals surface area contributed by atoms with E-state index in [0.29, 0.717) is 25.2 Å². The van der Waals surface area contributed by atoms with Crippen LogP contribution in [0.2, 0.25) is 0 Å². The van der Waals surface area contributed by atoms with Gasteiger partial charge < -0.3 is 5.11 Å². The molecule has 2 heterocycles. The van der Waals surface area contributed by atoms with Crippen LogP contribution in [0.25, 0.3) is 6.08 Å². The summed E-state index contributed by atoms with van der Waals surface area (Å²) >= 11 is 0. The number of nitrogens with zero attached hydrogens (tertiary/aromatic N) is 4. The molecule has 9 nitrogen and oxygen atoms in total. The van der Waals surface area contributed by atoms with E-state index in [1.54, 1.807) is 10.9 Å². The molecule has 0 bridgehead atoms. The first-order valence-corrected chi connectivity index (χ1v) is 9.11. The molecule has 0 unspecified atom stereocenters. The second kappa shape index (κ2) is 9.25. The average Bonchev–Trinajstić information content (AvgIpc) is 3.34. The SMILES string of the molecule is O=C(/C=C/c1cn([C@@H]2C[C@@H](C(=O)O)N(CCCc3ccccc3)C2)nn1)NO. The molecule has 0 radical (unpaired) electrons. The Morgan fingerprint density at radius 2 is 2.07 bits per heavy atom. The molecule has 1 amide bonds. The van der Waals surface area contributed by atoms with E-state index >= 15 is 0 Å². The molecule has 1 saturated heterocycles. The lowest BCUT2D eigenvalue weighted by atomic mass is 10.1. The van der Waals surface area contributed by atoms with Gasteiger partial charge in [0, 0.05) is 12.6 Å². The summed E-state index contributed by atoms with van der Waals surface area (Å²) in [6, 6.07) is 9.48. The topological polar surface area (TPSA) is 121 Å². The summed E-state index contributed by atoms with van der Waals surface area (Å²) in [4.78, 5) is 24.7. The molecule has 28 heavy (non-hydrogen) atoms. The number of nitrogens with one attached hydrogen (secondary N) is 1. The maximum absolute atomic E-state index is 11.7. The molecule has 0 aliphatic carbocycles. The molecule has 0 saturated carbocycles. The fourth-order valence-electron chi connectivity index (χ4n) is 3.45. The number of hydrogen-bond acceptors (Lipinski definition) is 6. The minimum Gasteiger partial charge on any atom is -0.480 e.